The summed E-state index contributed by atoms with van der Waals surface area (Å²) < 4.78 is 25.8. The van der Waals surface area contributed by atoms with Crippen molar-refractivity contribution in [2.45, 2.75) is 17.4 Å². The average molecular weight is 285 g/mol. The van der Waals surface area contributed by atoms with Crippen LogP contribution < -0.4 is 4.72 Å². The predicted molar refractivity (Wildman–Crippen MR) is 62.4 cm³/mol. The number of nitrogens with one attached hydrogen (secondary N) is 1. The van der Waals surface area contributed by atoms with Crippen molar-refractivity contribution < 1.29 is 23.4 Å². The van der Waals surface area contributed by atoms with Gasteiger partial charge in [0.25, 0.3) is 0 Å². The fourth-order valence-corrected chi connectivity index (χ4v) is 2.63. The Bertz CT molecular complexity index is 608. The molecule has 0 saturated carbocycles. The highest BCUT2D eigenvalue weighted by atomic mass is 32.2. The maximum absolute atomic E-state index is 12.0. The summed E-state index contributed by atoms with van der Waals surface area (Å²) >= 11 is 0. The summed E-state index contributed by atoms with van der Waals surface area (Å²) in [6.45, 7) is -0.488. The van der Waals surface area contributed by atoms with Gasteiger partial charge in [-0.2, -0.15) is 9.98 Å². The van der Waals surface area contributed by atoms with Crippen LogP contribution in [0.5, 0.6) is 0 Å². The summed E-state index contributed by atoms with van der Waals surface area (Å²) in [6, 6.07) is 2.60. The van der Waals surface area contributed by atoms with Crippen molar-refractivity contribution in [3.8, 4) is 6.07 Å². The number of hydrogen-bond donors (Lipinski definition) is 3. The van der Waals surface area contributed by atoms with E-state index in [4.69, 9.17) is 15.5 Å². The number of nitriles is 1. The first-order chi connectivity index (χ1) is 8.92. The van der Waals surface area contributed by atoms with Crippen LogP contribution in [0.15, 0.2) is 23.2 Å². The quantitative estimate of drug-likeness (QED) is 0.613. The SMILES string of the molecule is N#Cc1ncccc1S(=O)(=O)N[C@@H](CCO)C(=O)O. The van der Waals surface area contributed by atoms with Crippen molar-refractivity contribution in [2.24, 2.45) is 0 Å². The number of aliphatic hydroxyl groups excluding tert-OH is 1. The van der Waals surface area contributed by atoms with Crippen molar-refractivity contribution >= 4 is 16.0 Å². The number of carboxylic acids is 1. The second-order valence-electron chi connectivity index (χ2n) is 3.49. The molecule has 1 atom stereocenters. The summed E-state index contributed by atoms with van der Waals surface area (Å²) in [5.41, 5.74) is -0.330. The molecular formula is C10H11N3O5S. The van der Waals surface area contributed by atoms with Gasteiger partial charge in [0.2, 0.25) is 10.0 Å². The molecule has 9 heteroatoms. The van der Waals surface area contributed by atoms with Crippen LogP contribution >= 0.6 is 0 Å². The van der Waals surface area contributed by atoms with Crippen LogP contribution in [-0.2, 0) is 14.8 Å². The van der Waals surface area contributed by atoms with Crippen molar-refractivity contribution in [3.63, 3.8) is 0 Å². The molecule has 102 valence electrons. The lowest BCUT2D eigenvalue weighted by Gasteiger charge is -2.13. The minimum Gasteiger partial charge on any atom is -0.480 e. The summed E-state index contributed by atoms with van der Waals surface area (Å²) in [5.74, 6) is -1.42. The zero-order valence-corrected chi connectivity index (χ0v) is 10.5. The van der Waals surface area contributed by atoms with Crippen LogP contribution in [0.3, 0.4) is 0 Å². The topological polar surface area (TPSA) is 140 Å². The Balaban J connectivity index is 3.11. The van der Waals surface area contributed by atoms with Crippen molar-refractivity contribution in [1.82, 2.24) is 9.71 Å². The molecule has 8 nitrogen and oxygen atoms in total. The van der Waals surface area contributed by atoms with Crippen LogP contribution in [0.4, 0.5) is 0 Å². The predicted octanol–water partition coefficient (Wildman–Crippen LogP) is -0.933. The molecule has 19 heavy (non-hydrogen) atoms. The highest BCUT2D eigenvalue weighted by Crippen LogP contribution is 2.12. The lowest BCUT2D eigenvalue weighted by atomic mass is 10.2. The summed E-state index contributed by atoms with van der Waals surface area (Å²) in [5, 5.41) is 26.3. The lowest BCUT2D eigenvalue weighted by molar-refractivity contribution is -0.139. The van der Waals surface area contributed by atoms with Crippen molar-refractivity contribution in [2.75, 3.05) is 6.61 Å². The zero-order valence-electron chi connectivity index (χ0n) is 9.65. The first-order valence-corrected chi connectivity index (χ1v) is 6.62. The lowest BCUT2D eigenvalue weighted by Crippen LogP contribution is -2.41. The molecule has 0 unspecified atom stereocenters. The number of aliphatic carboxylic acids is 1. The number of nitrogens with zero attached hydrogens (tertiary/aromatic N) is 2. The van der Waals surface area contributed by atoms with E-state index in [0.717, 1.165) is 6.07 Å². The van der Waals surface area contributed by atoms with E-state index in [1.54, 1.807) is 6.07 Å². The van der Waals surface area contributed by atoms with E-state index in [1.807, 2.05) is 4.72 Å². The van der Waals surface area contributed by atoms with Crippen LogP contribution in [0, 0.1) is 11.3 Å². The van der Waals surface area contributed by atoms with Gasteiger partial charge in [0, 0.05) is 12.8 Å². The smallest absolute Gasteiger partial charge is 0.321 e. The number of carbonyl (C=O) groups is 1. The molecule has 0 spiro atoms. The zero-order chi connectivity index (χ0) is 14.5. The fourth-order valence-electron chi connectivity index (χ4n) is 1.30. The second-order valence-corrected chi connectivity index (χ2v) is 5.17. The summed E-state index contributed by atoms with van der Waals surface area (Å²) in [6.07, 6.45) is 0.969. The molecule has 0 amide bonds. The van der Waals surface area contributed by atoms with Crippen LogP contribution in [0.25, 0.3) is 0 Å². The van der Waals surface area contributed by atoms with Gasteiger partial charge in [0.1, 0.15) is 17.0 Å². The Kier molecular flexibility index (Phi) is 4.94. The molecule has 0 radical (unpaired) electrons. The molecule has 0 aliphatic carbocycles. The standard InChI is InChI=1S/C10H11N3O5S/c11-6-8-9(2-1-4-12-8)19(17,18)13-7(3-5-14)10(15)16/h1-2,4,7,13-14H,3,5H2,(H,15,16)/t7-/m0/s1. The van der Waals surface area contributed by atoms with E-state index in [2.05, 4.69) is 4.98 Å². The molecule has 0 aliphatic rings. The van der Waals surface area contributed by atoms with Gasteiger partial charge in [-0.1, -0.05) is 0 Å². The Morgan fingerprint density at radius 2 is 2.26 bits per heavy atom. The molecule has 0 bridgehead atoms. The van der Waals surface area contributed by atoms with E-state index < -0.39 is 33.5 Å². The normalized spacial score (nSPS) is 12.6. The van der Waals surface area contributed by atoms with Gasteiger partial charge in [0.05, 0.1) is 0 Å². The molecule has 1 heterocycles. The van der Waals surface area contributed by atoms with E-state index in [0.29, 0.717) is 0 Å². The maximum atomic E-state index is 12.0. The van der Waals surface area contributed by atoms with E-state index >= 15 is 0 Å². The van der Waals surface area contributed by atoms with E-state index in [9.17, 15) is 13.2 Å². The Morgan fingerprint density at radius 3 is 2.79 bits per heavy atom. The monoisotopic (exact) mass is 285 g/mol. The van der Waals surface area contributed by atoms with Crippen molar-refractivity contribution in [1.29, 1.82) is 5.26 Å². The number of aromatic nitrogens is 1. The summed E-state index contributed by atoms with van der Waals surface area (Å²) in [4.78, 5) is 14.0. The molecule has 0 saturated heterocycles. The van der Waals surface area contributed by atoms with Crippen LogP contribution in [0.2, 0.25) is 0 Å². The largest absolute Gasteiger partial charge is 0.480 e. The first-order valence-electron chi connectivity index (χ1n) is 5.13. The van der Waals surface area contributed by atoms with Crippen LogP contribution in [-0.4, -0.2) is 42.2 Å². The third kappa shape index (κ3) is 3.72. The number of hydrogen-bond acceptors (Lipinski definition) is 6. The van der Waals surface area contributed by atoms with E-state index in [1.165, 1.54) is 12.3 Å². The van der Waals surface area contributed by atoms with Gasteiger partial charge in [-0.05, 0) is 18.6 Å². The first kappa shape index (κ1) is 15.0. The molecule has 3 N–H and O–H groups in total. The maximum Gasteiger partial charge on any atom is 0.321 e. The number of carboxylic acid groups (broad SMARTS) is 1. The molecule has 1 aromatic heterocycles. The molecule has 1 aromatic rings. The van der Waals surface area contributed by atoms with Gasteiger partial charge in [-0.15, -0.1) is 0 Å². The highest BCUT2D eigenvalue weighted by Gasteiger charge is 2.27. The second kappa shape index (κ2) is 6.24. The van der Waals surface area contributed by atoms with Crippen LogP contribution in [0.1, 0.15) is 12.1 Å². The third-order valence-corrected chi connectivity index (χ3v) is 3.68. The molecule has 0 aliphatic heterocycles. The minimum atomic E-state index is -4.20. The average Bonchev–Trinajstić information content (AvgIpc) is 2.38. The number of pyridine rings is 1. The number of aliphatic hydroxyl groups is 1. The molecule has 0 aromatic carbocycles. The minimum absolute atomic E-state index is 0.281. The molecule has 0 fully saturated rings. The Morgan fingerprint density at radius 1 is 1.58 bits per heavy atom. The van der Waals surface area contributed by atoms with Crippen molar-refractivity contribution in [3.05, 3.63) is 24.0 Å². The Hall–Kier alpha value is -2.02. The Labute approximate surface area is 109 Å². The fraction of sp³-hybridized carbons (Fsp3) is 0.300. The number of rotatable bonds is 6. The number of sulfonamides is 1. The van der Waals surface area contributed by atoms with Gasteiger partial charge in [-0.3, -0.25) is 4.79 Å². The van der Waals surface area contributed by atoms with Gasteiger partial charge in [-0.25, -0.2) is 13.4 Å². The third-order valence-electron chi connectivity index (χ3n) is 2.18. The molecule has 1 rings (SSSR count). The molecular weight excluding hydrogens is 274 g/mol. The van der Waals surface area contributed by atoms with E-state index in [-0.39, 0.29) is 12.1 Å². The van der Waals surface area contributed by atoms with Gasteiger partial charge >= 0.3 is 5.97 Å². The van der Waals surface area contributed by atoms with Gasteiger partial charge < -0.3 is 10.2 Å². The van der Waals surface area contributed by atoms with Gasteiger partial charge in [0.15, 0.2) is 5.69 Å². The highest BCUT2D eigenvalue weighted by molar-refractivity contribution is 7.89. The summed E-state index contributed by atoms with van der Waals surface area (Å²) in [7, 11) is -4.20.